The van der Waals surface area contributed by atoms with Crippen molar-refractivity contribution in [3.8, 4) is 11.6 Å². The summed E-state index contributed by atoms with van der Waals surface area (Å²) in [6.45, 7) is 0.125. The fraction of sp³-hybridized carbons (Fsp3) is 0.0500. The zero-order valence-corrected chi connectivity index (χ0v) is 15.2. The van der Waals surface area contributed by atoms with E-state index in [1.165, 1.54) is 12.4 Å². The van der Waals surface area contributed by atoms with Crippen LogP contribution < -0.4 is 15.8 Å². The van der Waals surface area contributed by atoms with Gasteiger partial charge in [0.1, 0.15) is 11.6 Å². The van der Waals surface area contributed by atoms with Crippen LogP contribution in [-0.4, -0.2) is 38.1 Å². The molecular formula is C20H17N7O2. The number of imidazole rings is 1. The summed E-state index contributed by atoms with van der Waals surface area (Å²) in [6, 6.07) is 14.1. The van der Waals surface area contributed by atoms with Gasteiger partial charge in [0.15, 0.2) is 11.6 Å². The number of para-hydroxylation sites is 2. The summed E-state index contributed by atoms with van der Waals surface area (Å²) in [5.41, 5.74) is 7.38. The van der Waals surface area contributed by atoms with Gasteiger partial charge in [0.05, 0.1) is 17.6 Å². The van der Waals surface area contributed by atoms with Gasteiger partial charge in [-0.25, -0.2) is 15.0 Å². The van der Waals surface area contributed by atoms with E-state index in [1.54, 1.807) is 24.3 Å². The van der Waals surface area contributed by atoms with Gasteiger partial charge >= 0.3 is 0 Å². The number of rotatable bonds is 7. The van der Waals surface area contributed by atoms with Crippen LogP contribution in [0.15, 0.2) is 60.9 Å². The molecule has 0 aliphatic heterocycles. The molecule has 0 atom stereocenters. The Morgan fingerprint density at radius 3 is 2.62 bits per heavy atom. The molecule has 0 aliphatic carbocycles. The number of nitrogens with two attached hydrogens (primary N) is 1. The Morgan fingerprint density at radius 1 is 1.10 bits per heavy atom. The molecule has 29 heavy (non-hydrogen) atoms. The molecule has 0 amide bonds. The summed E-state index contributed by atoms with van der Waals surface area (Å²) in [5.74, 6) is 1.13. The van der Waals surface area contributed by atoms with Crippen LogP contribution in [0.25, 0.3) is 11.0 Å². The van der Waals surface area contributed by atoms with Gasteiger partial charge in [0.25, 0.3) is 5.88 Å². The lowest BCUT2D eigenvalue weighted by atomic mass is 10.1. The van der Waals surface area contributed by atoms with Gasteiger partial charge in [-0.05, 0) is 36.4 Å². The Morgan fingerprint density at radius 2 is 1.86 bits per heavy atom. The first kappa shape index (κ1) is 18.1. The molecule has 2 aromatic heterocycles. The largest absolute Gasteiger partial charge is 0.436 e. The smallest absolute Gasteiger partial charge is 0.262 e. The van der Waals surface area contributed by atoms with Crippen LogP contribution in [0.3, 0.4) is 0 Å². The summed E-state index contributed by atoms with van der Waals surface area (Å²) >= 11 is 0. The van der Waals surface area contributed by atoms with Crippen LogP contribution in [0.4, 0.5) is 5.82 Å². The van der Waals surface area contributed by atoms with Gasteiger partial charge in [-0.2, -0.15) is 0 Å². The van der Waals surface area contributed by atoms with Crippen molar-refractivity contribution in [2.24, 2.45) is 5.73 Å². The number of aromatic amines is 1. The average molecular weight is 387 g/mol. The third-order valence-corrected chi connectivity index (χ3v) is 4.05. The van der Waals surface area contributed by atoms with E-state index >= 15 is 0 Å². The molecule has 0 saturated carbocycles. The molecule has 0 radical (unpaired) electrons. The first-order valence-electron chi connectivity index (χ1n) is 8.75. The monoisotopic (exact) mass is 387 g/mol. The van der Waals surface area contributed by atoms with E-state index in [4.69, 9.17) is 15.9 Å². The van der Waals surface area contributed by atoms with Crippen molar-refractivity contribution in [2.45, 2.75) is 0 Å². The maximum Gasteiger partial charge on any atom is 0.262 e. The van der Waals surface area contributed by atoms with Crippen molar-refractivity contribution in [3.05, 3.63) is 72.3 Å². The third kappa shape index (κ3) is 4.03. The minimum Gasteiger partial charge on any atom is -0.436 e. The molecule has 4 rings (SSSR count). The number of H-pyrrole nitrogens is 1. The number of aromatic nitrogens is 4. The molecule has 2 aromatic carbocycles. The first-order valence-corrected chi connectivity index (χ1v) is 8.75. The Balaban J connectivity index is 1.51. The number of ketones is 1. The normalized spacial score (nSPS) is 10.6. The molecule has 4 aromatic rings. The summed E-state index contributed by atoms with van der Waals surface area (Å²) in [7, 11) is 0. The number of hydrogen-bond acceptors (Lipinski definition) is 7. The van der Waals surface area contributed by atoms with E-state index in [0.29, 0.717) is 17.1 Å². The maximum absolute atomic E-state index is 12.7. The zero-order valence-electron chi connectivity index (χ0n) is 15.2. The number of carbonyl (C=O) groups excluding carboxylic acids is 1. The van der Waals surface area contributed by atoms with Crippen LogP contribution in [0.2, 0.25) is 0 Å². The molecule has 0 fully saturated rings. The topological polar surface area (TPSA) is 143 Å². The van der Waals surface area contributed by atoms with Gasteiger partial charge in [0.2, 0.25) is 5.78 Å². The predicted octanol–water partition coefficient (Wildman–Crippen LogP) is 2.72. The number of ether oxygens (including phenoxy) is 1. The second kappa shape index (κ2) is 7.77. The van der Waals surface area contributed by atoms with Crippen molar-refractivity contribution >= 4 is 28.5 Å². The molecule has 2 heterocycles. The molecule has 5 N–H and O–H groups in total. The lowest BCUT2D eigenvalue weighted by Gasteiger charge is -2.10. The average Bonchev–Trinajstić information content (AvgIpc) is 3.17. The van der Waals surface area contributed by atoms with Crippen molar-refractivity contribution < 1.29 is 9.53 Å². The quantitative estimate of drug-likeness (QED) is 0.217. The molecule has 144 valence electrons. The highest BCUT2D eigenvalue weighted by atomic mass is 16.5. The van der Waals surface area contributed by atoms with Crippen LogP contribution in [0.1, 0.15) is 16.2 Å². The highest BCUT2D eigenvalue weighted by molar-refractivity contribution is 6.08. The van der Waals surface area contributed by atoms with E-state index < -0.39 is 0 Å². The van der Waals surface area contributed by atoms with Crippen molar-refractivity contribution in [2.75, 3.05) is 11.9 Å². The lowest BCUT2D eigenvalue weighted by Crippen LogP contribution is -2.21. The highest BCUT2D eigenvalue weighted by Crippen LogP contribution is 2.25. The summed E-state index contributed by atoms with van der Waals surface area (Å²) in [4.78, 5) is 28.3. The molecule has 0 aliphatic rings. The Kier molecular flexibility index (Phi) is 4.85. The highest BCUT2D eigenvalue weighted by Gasteiger charge is 2.14. The minimum absolute atomic E-state index is 0.0324. The number of anilines is 1. The van der Waals surface area contributed by atoms with E-state index in [1.807, 2.05) is 24.3 Å². The summed E-state index contributed by atoms with van der Waals surface area (Å²) in [5, 5.41) is 10.2. The van der Waals surface area contributed by atoms with Gasteiger partial charge in [-0.3, -0.25) is 10.2 Å². The number of fused-ring (bicyclic) bond motifs is 1. The number of carbonyl (C=O) groups is 1. The molecule has 9 nitrogen and oxygen atoms in total. The van der Waals surface area contributed by atoms with Crippen LogP contribution in [0, 0.1) is 5.41 Å². The van der Waals surface area contributed by atoms with Crippen molar-refractivity contribution in [1.82, 2.24) is 19.9 Å². The molecule has 9 heteroatoms. The minimum atomic E-state index is -0.212. The van der Waals surface area contributed by atoms with Gasteiger partial charge < -0.3 is 20.8 Å². The predicted molar refractivity (Wildman–Crippen MR) is 108 cm³/mol. The number of nitrogens with one attached hydrogen (secondary N) is 3. The van der Waals surface area contributed by atoms with E-state index in [0.717, 1.165) is 11.0 Å². The molecule has 0 bridgehead atoms. The van der Waals surface area contributed by atoms with E-state index in [2.05, 4.69) is 25.3 Å². The Hall–Kier alpha value is -4.27. The standard InChI is InChI=1S/C20H17N7O2/c21-16(22)11-25-19-20(24-10-9-23-19)29-13-7-5-12(6-8-13)17(28)18-26-14-3-1-2-4-15(14)27-18/h1-10H,11H2,(H3,21,22)(H,23,25)(H,26,27). The van der Waals surface area contributed by atoms with Gasteiger partial charge in [0, 0.05) is 18.0 Å². The lowest BCUT2D eigenvalue weighted by molar-refractivity contribution is 0.103. The fourth-order valence-electron chi connectivity index (χ4n) is 2.68. The van der Waals surface area contributed by atoms with Gasteiger partial charge in [-0.15, -0.1) is 0 Å². The molecule has 0 saturated heterocycles. The number of benzene rings is 2. The van der Waals surface area contributed by atoms with Crippen LogP contribution in [0.5, 0.6) is 11.6 Å². The summed E-state index contributed by atoms with van der Waals surface area (Å²) < 4.78 is 5.75. The first-order chi connectivity index (χ1) is 14.1. The van der Waals surface area contributed by atoms with Gasteiger partial charge in [-0.1, -0.05) is 12.1 Å². The number of hydrogen-bond donors (Lipinski definition) is 4. The zero-order chi connectivity index (χ0) is 20.2. The molecular weight excluding hydrogens is 370 g/mol. The second-order valence-corrected chi connectivity index (χ2v) is 6.15. The SMILES string of the molecule is N=C(N)CNc1nccnc1Oc1ccc(C(=O)c2nc3ccccc3[nH]2)cc1. The number of amidine groups is 1. The summed E-state index contributed by atoms with van der Waals surface area (Å²) in [6.07, 6.45) is 3.00. The number of nitrogens with zero attached hydrogens (tertiary/aromatic N) is 3. The fourth-order valence-corrected chi connectivity index (χ4v) is 2.68. The van der Waals surface area contributed by atoms with Crippen LogP contribution >= 0.6 is 0 Å². The van der Waals surface area contributed by atoms with E-state index in [-0.39, 0.29) is 29.9 Å². The molecule has 0 spiro atoms. The second-order valence-electron chi connectivity index (χ2n) is 6.15. The van der Waals surface area contributed by atoms with Crippen molar-refractivity contribution in [3.63, 3.8) is 0 Å². The molecule has 0 unspecified atom stereocenters. The maximum atomic E-state index is 12.7. The Labute approximate surface area is 165 Å². The van der Waals surface area contributed by atoms with E-state index in [9.17, 15) is 4.79 Å². The third-order valence-electron chi connectivity index (χ3n) is 4.05. The van der Waals surface area contributed by atoms with Crippen molar-refractivity contribution in [1.29, 1.82) is 5.41 Å². The Bertz CT molecular complexity index is 1150. The van der Waals surface area contributed by atoms with Crippen LogP contribution in [-0.2, 0) is 0 Å².